The largest absolute Gasteiger partial charge is 0.320 e. The summed E-state index contributed by atoms with van der Waals surface area (Å²) in [5.41, 5.74) is 8.15. The van der Waals surface area contributed by atoms with Crippen LogP contribution in [-0.4, -0.2) is 0 Å². The molecule has 0 radical (unpaired) electrons. The summed E-state index contributed by atoms with van der Waals surface area (Å²) >= 11 is 4.81. The van der Waals surface area contributed by atoms with Gasteiger partial charge in [0.2, 0.25) is 0 Å². The van der Waals surface area contributed by atoms with Gasteiger partial charge in [-0.25, -0.2) is 4.39 Å². The zero-order valence-electron chi connectivity index (χ0n) is 9.63. The Morgan fingerprint density at radius 2 is 2.00 bits per heavy atom. The molecule has 1 aromatic carbocycles. The highest BCUT2D eigenvalue weighted by atomic mass is 79.9. The van der Waals surface area contributed by atoms with E-state index in [0.29, 0.717) is 4.47 Å². The number of nitrogens with two attached hydrogens (primary N) is 1. The molecular formula is C13H13BrFNS. The number of hydrogen-bond acceptors (Lipinski definition) is 2. The smallest absolute Gasteiger partial charge is 0.137 e. The first-order valence-corrected chi connectivity index (χ1v) is 6.87. The van der Waals surface area contributed by atoms with Gasteiger partial charge in [-0.2, -0.15) is 0 Å². The molecule has 0 aliphatic rings. The Morgan fingerprint density at radius 3 is 2.53 bits per heavy atom. The van der Waals surface area contributed by atoms with Crippen molar-refractivity contribution in [2.75, 3.05) is 0 Å². The van der Waals surface area contributed by atoms with Crippen molar-refractivity contribution in [2.24, 2.45) is 5.73 Å². The van der Waals surface area contributed by atoms with Gasteiger partial charge in [0.25, 0.3) is 0 Å². The van der Waals surface area contributed by atoms with E-state index in [1.54, 1.807) is 17.4 Å². The van der Waals surface area contributed by atoms with E-state index in [1.807, 2.05) is 13.0 Å². The maximum Gasteiger partial charge on any atom is 0.137 e. The molecule has 2 rings (SSSR count). The van der Waals surface area contributed by atoms with E-state index in [4.69, 9.17) is 5.73 Å². The molecule has 0 bridgehead atoms. The van der Waals surface area contributed by atoms with E-state index in [-0.39, 0.29) is 11.9 Å². The second-order valence-electron chi connectivity index (χ2n) is 4.06. The fourth-order valence-corrected chi connectivity index (χ4v) is 3.14. The third-order valence-corrected chi connectivity index (χ3v) is 4.54. The number of thiophene rings is 1. The minimum absolute atomic E-state index is 0.253. The standard InChI is InChI=1S/C13H13BrFNS/c1-7-5-8(2)17-13(7)12(16)9-3-4-10(14)11(15)6-9/h3-6,12H,16H2,1-2H3. The average molecular weight is 314 g/mol. The lowest BCUT2D eigenvalue weighted by molar-refractivity contribution is 0.617. The van der Waals surface area contributed by atoms with Gasteiger partial charge in [0.15, 0.2) is 0 Å². The van der Waals surface area contributed by atoms with E-state index >= 15 is 0 Å². The molecule has 90 valence electrons. The Kier molecular flexibility index (Phi) is 3.66. The molecule has 2 N–H and O–H groups in total. The summed E-state index contributed by atoms with van der Waals surface area (Å²) in [6, 6.07) is 6.89. The normalized spacial score (nSPS) is 12.8. The van der Waals surface area contributed by atoms with Crippen LogP contribution in [-0.2, 0) is 0 Å². The Hall–Kier alpha value is -0.710. The molecule has 0 saturated carbocycles. The van der Waals surface area contributed by atoms with Crippen LogP contribution in [0.5, 0.6) is 0 Å². The maximum atomic E-state index is 13.5. The Labute approximate surface area is 113 Å². The number of benzene rings is 1. The van der Waals surface area contributed by atoms with Gasteiger partial charge in [0, 0.05) is 9.75 Å². The predicted octanol–water partition coefficient (Wildman–Crippen LogP) is 4.31. The van der Waals surface area contributed by atoms with Crippen LogP contribution < -0.4 is 5.73 Å². The molecule has 0 saturated heterocycles. The lowest BCUT2D eigenvalue weighted by Gasteiger charge is -2.12. The van der Waals surface area contributed by atoms with Crippen molar-refractivity contribution in [3.8, 4) is 0 Å². The minimum Gasteiger partial charge on any atom is -0.320 e. The topological polar surface area (TPSA) is 26.0 Å². The molecule has 1 aromatic heterocycles. The lowest BCUT2D eigenvalue weighted by atomic mass is 10.0. The number of rotatable bonds is 2. The Morgan fingerprint density at radius 1 is 1.29 bits per heavy atom. The molecule has 1 heterocycles. The van der Waals surface area contributed by atoms with Gasteiger partial charge in [0.1, 0.15) is 5.82 Å². The van der Waals surface area contributed by atoms with Crippen LogP contribution >= 0.6 is 27.3 Å². The number of halogens is 2. The van der Waals surface area contributed by atoms with Crippen LogP contribution in [0.2, 0.25) is 0 Å². The van der Waals surface area contributed by atoms with Gasteiger partial charge in [-0.15, -0.1) is 11.3 Å². The van der Waals surface area contributed by atoms with E-state index in [0.717, 1.165) is 10.4 Å². The maximum absolute atomic E-state index is 13.5. The monoisotopic (exact) mass is 313 g/mol. The third kappa shape index (κ3) is 2.59. The zero-order chi connectivity index (χ0) is 12.6. The minimum atomic E-state index is -0.274. The predicted molar refractivity (Wildman–Crippen MR) is 73.9 cm³/mol. The molecule has 0 spiro atoms. The van der Waals surface area contributed by atoms with Crippen molar-refractivity contribution in [3.05, 3.63) is 55.4 Å². The molecular weight excluding hydrogens is 301 g/mol. The van der Waals surface area contributed by atoms with E-state index in [2.05, 4.69) is 28.9 Å². The van der Waals surface area contributed by atoms with Gasteiger partial charge in [-0.3, -0.25) is 0 Å². The summed E-state index contributed by atoms with van der Waals surface area (Å²) in [4.78, 5) is 2.33. The quantitative estimate of drug-likeness (QED) is 0.878. The highest BCUT2D eigenvalue weighted by molar-refractivity contribution is 9.10. The van der Waals surface area contributed by atoms with Crippen LogP contribution in [0.1, 0.15) is 26.9 Å². The van der Waals surface area contributed by atoms with Crippen molar-refractivity contribution in [2.45, 2.75) is 19.9 Å². The Balaban J connectivity index is 2.40. The second-order valence-corrected chi connectivity index (χ2v) is 6.20. The van der Waals surface area contributed by atoms with Gasteiger partial charge in [0.05, 0.1) is 10.5 Å². The van der Waals surface area contributed by atoms with E-state index < -0.39 is 0 Å². The van der Waals surface area contributed by atoms with Gasteiger partial charge < -0.3 is 5.73 Å². The summed E-state index contributed by atoms with van der Waals surface area (Å²) in [6.07, 6.45) is 0. The van der Waals surface area contributed by atoms with Crippen LogP contribution in [0, 0.1) is 19.7 Å². The molecule has 0 aliphatic carbocycles. The van der Waals surface area contributed by atoms with Crippen LogP contribution in [0.15, 0.2) is 28.7 Å². The van der Waals surface area contributed by atoms with Gasteiger partial charge in [-0.05, 0) is 59.1 Å². The summed E-state index contributed by atoms with van der Waals surface area (Å²) in [5, 5.41) is 0. The summed E-state index contributed by atoms with van der Waals surface area (Å²) in [5.74, 6) is -0.274. The molecule has 4 heteroatoms. The molecule has 17 heavy (non-hydrogen) atoms. The highest BCUT2D eigenvalue weighted by Gasteiger charge is 2.15. The summed E-state index contributed by atoms with van der Waals surface area (Å²) in [7, 11) is 0. The SMILES string of the molecule is Cc1cc(C)c(C(N)c2ccc(Br)c(F)c2)s1. The van der Waals surface area contributed by atoms with E-state index in [1.165, 1.54) is 16.5 Å². The Bertz CT molecular complexity index is 550. The first-order valence-electron chi connectivity index (χ1n) is 5.26. The van der Waals surface area contributed by atoms with E-state index in [9.17, 15) is 4.39 Å². The molecule has 1 nitrogen and oxygen atoms in total. The molecule has 0 amide bonds. The fraction of sp³-hybridized carbons (Fsp3) is 0.231. The first-order chi connectivity index (χ1) is 7.99. The van der Waals surface area contributed by atoms with Crippen LogP contribution in [0.3, 0.4) is 0 Å². The molecule has 1 unspecified atom stereocenters. The number of aryl methyl sites for hydroxylation is 2. The van der Waals surface area contributed by atoms with Crippen LogP contribution in [0.4, 0.5) is 4.39 Å². The lowest BCUT2D eigenvalue weighted by Crippen LogP contribution is -2.11. The average Bonchev–Trinajstić information content (AvgIpc) is 2.61. The molecule has 0 aliphatic heterocycles. The van der Waals surface area contributed by atoms with Gasteiger partial charge >= 0.3 is 0 Å². The number of hydrogen-bond donors (Lipinski definition) is 1. The van der Waals surface area contributed by atoms with Crippen molar-refractivity contribution >= 4 is 27.3 Å². The second kappa shape index (κ2) is 4.88. The molecule has 1 atom stereocenters. The zero-order valence-corrected chi connectivity index (χ0v) is 12.0. The highest BCUT2D eigenvalue weighted by Crippen LogP contribution is 2.31. The first kappa shape index (κ1) is 12.7. The van der Waals surface area contributed by atoms with Gasteiger partial charge in [-0.1, -0.05) is 6.07 Å². The van der Waals surface area contributed by atoms with Crippen molar-refractivity contribution < 1.29 is 4.39 Å². The molecule has 2 aromatic rings. The van der Waals surface area contributed by atoms with Crippen molar-refractivity contribution in [3.63, 3.8) is 0 Å². The van der Waals surface area contributed by atoms with Crippen LogP contribution in [0.25, 0.3) is 0 Å². The summed E-state index contributed by atoms with van der Waals surface area (Å²) < 4.78 is 13.9. The van der Waals surface area contributed by atoms with Crippen molar-refractivity contribution in [1.29, 1.82) is 0 Å². The fourth-order valence-electron chi connectivity index (χ4n) is 1.83. The molecule has 0 fully saturated rings. The van der Waals surface area contributed by atoms with Crippen molar-refractivity contribution in [1.82, 2.24) is 0 Å². The summed E-state index contributed by atoms with van der Waals surface area (Å²) in [6.45, 7) is 4.09. The third-order valence-electron chi connectivity index (χ3n) is 2.66.